The van der Waals surface area contributed by atoms with E-state index in [1.165, 1.54) is 6.07 Å². The minimum atomic E-state index is -0.923. The minimum Gasteiger partial charge on any atom is -0.426 e. The molecular weight excluding hydrogens is 458 g/mol. The number of nitriles is 1. The molecule has 0 fully saturated rings. The summed E-state index contributed by atoms with van der Waals surface area (Å²) < 4.78 is 33.4. The number of carbonyl (C=O) groups is 1. The molecule has 0 heterocycles. The number of hydrogen-bond acceptors (Lipinski definition) is 4. The SMILES string of the molecule is CC(CNC(c1ccccc1)c1ccccc1)C(=O)Oc1ccc(-c2cc(F)c(C#N)c(F)c2)cc1. The molecule has 4 rings (SSSR count). The molecule has 0 amide bonds. The first-order valence-electron chi connectivity index (χ1n) is 11.5. The first-order valence-corrected chi connectivity index (χ1v) is 11.5. The molecule has 1 unspecified atom stereocenters. The first-order chi connectivity index (χ1) is 17.5. The lowest BCUT2D eigenvalue weighted by Crippen LogP contribution is -2.32. The molecule has 36 heavy (non-hydrogen) atoms. The number of ether oxygens (including phenoxy) is 1. The Kier molecular flexibility index (Phi) is 7.84. The van der Waals surface area contributed by atoms with Crippen LogP contribution in [0.25, 0.3) is 11.1 Å². The van der Waals surface area contributed by atoms with Crippen molar-refractivity contribution in [2.45, 2.75) is 13.0 Å². The van der Waals surface area contributed by atoms with E-state index in [-0.39, 0.29) is 11.6 Å². The van der Waals surface area contributed by atoms with Gasteiger partial charge in [-0.05, 0) is 46.5 Å². The smallest absolute Gasteiger partial charge is 0.315 e. The Balaban J connectivity index is 1.40. The quantitative estimate of drug-likeness (QED) is 0.232. The van der Waals surface area contributed by atoms with Crippen LogP contribution in [-0.2, 0) is 4.79 Å². The van der Waals surface area contributed by atoms with E-state index in [0.717, 1.165) is 23.3 Å². The molecule has 4 aromatic carbocycles. The Bertz CT molecular complexity index is 1310. The summed E-state index contributed by atoms with van der Waals surface area (Å²) in [5, 5.41) is 12.3. The van der Waals surface area contributed by atoms with E-state index >= 15 is 0 Å². The zero-order valence-corrected chi connectivity index (χ0v) is 19.6. The van der Waals surface area contributed by atoms with Gasteiger partial charge in [-0.15, -0.1) is 0 Å². The van der Waals surface area contributed by atoms with Gasteiger partial charge in [0.25, 0.3) is 0 Å². The molecule has 0 aliphatic heterocycles. The highest BCUT2D eigenvalue weighted by Gasteiger charge is 2.20. The van der Waals surface area contributed by atoms with Gasteiger partial charge in [0, 0.05) is 6.54 Å². The van der Waals surface area contributed by atoms with Crippen LogP contribution in [0.3, 0.4) is 0 Å². The second-order valence-electron chi connectivity index (χ2n) is 8.44. The lowest BCUT2D eigenvalue weighted by Gasteiger charge is -2.22. The average Bonchev–Trinajstić information content (AvgIpc) is 2.90. The molecule has 1 atom stereocenters. The molecule has 0 saturated carbocycles. The van der Waals surface area contributed by atoms with Crippen LogP contribution in [0.5, 0.6) is 5.75 Å². The molecule has 1 N–H and O–H groups in total. The van der Waals surface area contributed by atoms with Crippen LogP contribution in [0.4, 0.5) is 8.78 Å². The number of nitrogens with zero attached hydrogens (tertiary/aromatic N) is 1. The number of hydrogen-bond donors (Lipinski definition) is 1. The zero-order valence-electron chi connectivity index (χ0n) is 19.6. The lowest BCUT2D eigenvalue weighted by atomic mass is 9.98. The third-order valence-corrected chi connectivity index (χ3v) is 5.86. The van der Waals surface area contributed by atoms with Crippen molar-refractivity contribution in [1.82, 2.24) is 5.32 Å². The van der Waals surface area contributed by atoms with E-state index in [2.05, 4.69) is 5.32 Å². The van der Waals surface area contributed by atoms with Gasteiger partial charge in [-0.3, -0.25) is 4.79 Å². The molecule has 4 aromatic rings. The zero-order chi connectivity index (χ0) is 25.5. The molecule has 0 radical (unpaired) electrons. The number of benzene rings is 4. The van der Waals surface area contributed by atoms with Gasteiger partial charge in [-0.1, -0.05) is 79.7 Å². The Morgan fingerprint density at radius 3 is 1.89 bits per heavy atom. The van der Waals surface area contributed by atoms with Crippen molar-refractivity contribution < 1.29 is 18.3 Å². The van der Waals surface area contributed by atoms with Gasteiger partial charge in [-0.2, -0.15) is 5.26 Å². The van der Waals surface area contributed by atoms with E-state index in [1.54, 1.807) is 31.2 Å². The summed E-state index contributed by atoms with van der Waals surface area (Å²) in [6, 6.07) is 30.0. The summed E-state index contributed by atoms with van der Waals surface area (Å²) in [5.74, 6) is -2.35. The van der Waals surface area contributed by atoms with E-state index in [0.29, 0.717) is 17.9 Å². The van der Waals surface area contributed by atoms with Crippen LogP contribution >= 0.6 is 0 Å². The van der Waals surface area contributed by atoms with Gasteiger partial charge >= 0.3 is 5.97 Å². The van der Waals surface area contributed by atoms with E-state index in [4.69, 9.17) is 10.00 Å². The second-order valence-corrected chi connectivity index (χ2v) is 8.44. The largest absolute Gasteiger partial charge is 0.426 e. The maximum absolute atomic E-state index is 13.9. The Morgan fingerprint density at radius 1 is 0.861 bits per heavy atom. The Hall–Kier alpha value is -4.34. The van der Waals surface area contributed by atoms with E-state index in [9.17, 15) is 13.6 Å². The van der Waals surface area contributed by atoms with Crippen molar-refractivity contribution in [1.29, 1.82) is 5.26 Å². The summed E-state index contributed by atoms with van der Waals surface area (Å²) in [6.07, 6.45) is 0. The van der Waals surface area contributed by atoms with E-state index in [1.807, 2.05) is 60.7 Å². The van der Waals surface area contributed by atoms with Crippen molar-refractivity contribution in [3.63, 3.8) is 0 Å². The summed E-state index contributed by atoms with van der Waals surface area (Å²) in [6.45, 7) is 2.19. The molecule has 4 nitrogen and oxygen atoms in total. The van der Waals surface area contributed by atoms with Crippen molar-refractivity contribution in [2.24, 2.45) is 5.92 Å². The minimum absolute atomic E-state index is 0.0739. The standard InChI is InChI=1S/C30H24F2N2O2/c1-20(19-34-29(22-8-4-2-5-9-22)23-10-6-3-7-11-23)30(35)36-25-14-12-21(13-15-25)24-16-27(31)26(18-33)28(32)17-24/h2-17,20,29,34H,19H2,1H3. The number of nitrogens with one attached hydrogen (secondary N) is 1. The second kappa shape index (κ2) is 11.4. The van der Waals surface area contributed by atoms with Crippen molar-refractivity contribution in [3.05, 3.63) is 125 Å². The Morgan fingerprint density at radius 2 is 1.39 bits per heavy atom. The number of esters is 1. The molecule has 0 aromatic heterocycles. The summed E-state index contributed by atoms with van der Waals surface area (Å²) in [7, 11) is 0. The molecule has 6 heteroatoms. The molecule has 0 bridgehead atoms. The fourth-order valence-corrected chi connectivity index (χ4v) is 3.88. The molecule has 0 spiro atoms. The molecule has 0 saturated heterocycles. The van der Waals surface area contributed by atoms with Crippen LogP contribution in [-0.4, -0.2) is 12.5 Å². The molecule has 0 aliphatic carbocycles. The highest BCUT2D eigenvalue weighted by atomic mass is 19.1. The van der Waals surface area contributed by atoms with Crippen LogP contribution in [0.1, 0.15) is 29.7 Å². The highest BCUT2D eigenvalue weighted by Crippen LogP contribution is 2.27. The van der Waals surface area contributed by atoms with Gasteiger partial charge in [0.05, 0.1) is 12.0 Å². The van der Waals surface area contributed by atoms with Crippen molar-refractivity contribution in [2.75, 3.05) is 6.54 Å². The molecule has 0 aliphatic rings. The fourth-order valence-electron chi connectivity index (χ4n) is 3.88. The molecule has 180 valence electrons. The third kappa shape index (κ3) is 5.83. The highest BCUT2D eigenvalue weighted by molar-refractivity contribution is 5.75. The van der Waals surface area contributed by atoms with Crippen molar-refractivity contribution >= 4 is 5.97 Å². The summed E-state index contributed by atoms with van der Waals surface area (Å²) in [4.78, 5) is 12.7. The predicted molar refractivity (Wildman–Crippen MR) is 134 cm³/mol. The average molecular weight is 483 g/mol. The van der Waals surface area contributed by atoms with Gasteiger partial charge < -0.3 is 10.1 Å². The summed E-state index contributed by atoms with van der Waals surface area (Å²) >= 11 is 0. The van der Waals surface area contributed by atoms with Gasteiger partial charge in [-0.25, -0.2) is 8.78 Å². The maximum atomic E-state index is 13.9. The van der Waals surface area contributed by atoms with E-state index < -0.39 is 29.1 Å². The van der Waals surface area contributed by atoms with Crippen LogP contribution < -0.4 is 10.1 Å². The summed E-state index contributed by atoms with van der Waals surface area (Å²) in [5.41, 5.74) is 2.38. The number of halogens is 2. The van der Waals surface area contributed by atoms with Gasteiger partial charge in [0.15, 0.2) is 0 Å². The van der Waals surface area contributed by atoms with Crippen LogP contribution in [0, 0.1) is 28.9 Å². The Labute approximate surface area is 208 Å². The number of rotatable bonds is 8. The van der Waals surface area contributed by atoms with Gasteiger partial charge in [0.2, 0.25) is 0 Å². The van der Waals surface area contributed by atoms with Crippen molar-refractivity contribution in [3.8, 4) is 22.9 Å². The fraction of sp³-hybridized carbons (Fsp3) is 0.133. The molecular formula is C30H24F2N2O2. The first kappa shape index (κ1) is 24.8. The van der Waals surface area contributed by atoms with Crippen LogP contribution in [0.15, 0.2) is 97.1 Å². The lowest BCUT2D eigenvalue weighted by molar-refractivity contribution is -0.138. The third-order valence-electron chi connectivity index (χ3n) is 5.86. The van der Waals surface area contributed by atoms with Gasteiger partial charge in [0.1, 0.15) is 29.0 Å². The maximum Gasteiger partial charge on any atom is 0.315 e. The predicted octanol–water partition coefficient (Wildman–Crippen LogP) is 6.42. The monoisotopic (exact) mass is 482 g/mol. The normalized spacial score (nSPS) is 11.6. The topological polar surface area (TPSA) is 62.1 Å². The number of carbonyl (C=O) groups excluding carboxylic acids is 1. The van der Waals surface area contributed by atoms with Crippen LogP contribution in [0.2, 0.25) is 0 Å².